The molecule has 0 aliphatic rings. The summed E-state index contributed by atoms with van der Waals surface area (Å²) < 4.78 is 13.0. The standard InChI is InChI=1S/C22H18N4O4S/c27-20(18-13-23-22(31)26(18)15-7-3-1-4-8-15)24-25-21(28)19-12-11-17(30-19)14-29-16-9-5-2-6-10-16/h1-13H,14H2,(H,23,31)(H,24,27)(H,25,28). The molecule has 9 heteroatoms. The number of hydrazine groups is 1. The number of aromatic amines is 1. The highest BCUT2D eigenvalue weighted by Gasteiger charge is 2.17. The molecule has 4 rings (SSSR count). The van der Waals surface area contributed by atoms with Gasteiger partial charge in [0.15, 0.2) is 10.5 Å². The first-order valence-electron chi connectivity index (χ1n) is 9.35. The number of nitrogens with zero attached hydrogens (tertiary/aromatic N) is 1. The number of benzene rings is 2. The Morgan fingerprint density at radius 1 is 0.935 bits per heavy atom. The zero-order valence-corrected chi connectivity index (χ0v) is 17.0. The van der Waals surface area contributed by atoms with E-state index in [0.29, 0.717) is 16.3 Å². The fourth-order valence-electron chi connectivity index (χ4n) is 2.86. The number of rotatable bonds is 6. The van der Waals surface area contributed by atoms with Gasteiger partial charge in [0.25, 0.3) is 5.91 Å². The number of nitrogens with one attached hydrogen (secondary N) is 3. The van der Waals surface area contributed by atoms with Crippen LogP contribution in [0.25, 0.3) is 5.69 Å². The molecule has 0 fully saturated rings. The summed E-state index contributed by atoms with van der Waals surface area (Å²) in [5, 5.41) is 0. The summed E-state index contributed by atoms with van der Waals surface area (Å²) in [6, 6.07) is 21.6. The van der Waals surface area contributed by atoms with Crippen LogP contribution in [0.1, 0.15) is 26.8 Å². The molecule has 0 saturated carbocycles. The summed E-state index contributed by atoms with van der Waals surface area (Å²) in [4.78, 5) is 27.8. The van der Waals surface area contributed by atoms with Crippen LogP contribution >= 0.6 is 12.2 Å². The minimum absolute atomic E-state index is 0.0425. The fourth-order valence-corrected chi connectivity index (χ4v) is 3.12. The summed E-state index contributed by atoms with van der Waals surface area (Å²) in [5.74, 6) is 0.0736. The SMILES string of the molecule is O=C(NNC(=O)c1c[nH]c(=S)n1-c1ccccc1)c1ccc(COc2ccccc2)o1. The van der Waals surface area contributed by atoms with Gasteiger partial charge in [0.1, 0.15) is 23.8 Å². The van der Waals surface area contributed by atoms with Crippen molar-refractivity contribution in [3.63, 3.8) is 0 Å². The van der Waals surface area contributed by atoms with Gasteiger partial charge in [-0.25, -0.2) is 0 Å². The molecule has 31 heavy (non-hydrogen) atoms. The Balaban J connectivity index is 1.37. The van der Waals surface area contributed by atoms with Crippen molar-refractivity contribution in [1.82, 2.24) is 20.4 Å². The Labute approximate surface area is 182 Å². The number of hydrogen-bond acceptors (Lipinski definition) is 5. The Kier molecular flexibility index (Phi) is 5.95. The van der Waals surface area contributed by atoms with Crippen molar-refractivity contribution in [2.45, 2.75) is 6.61 Å². The maximum atomic E-state index is 12.6. The van der Waals surface area contributed by atoms with Crippen LogP contribution in [0.2, 0.25) is 0 Å². The molecule has 156 valence electrons. The van der Waals surface area contributed by atoms with Gasteiger partial charge in [-0.2, -0.15) is 0 Å². The minimum Gasteiger partial charge on any atom is -0.486 e. The highest BCUT2D eigenvalue weighted by atomic mass is 32.1. The van der Waals surface area contributed by atoms with Crippen LogP contribution in [0.4, 0.5) is 0 Å². The molecule has 0 spiro atoms. The second kappa shape index (κ2) is 9.14. The van der Waals surface area contributed by atoms with Crippen LogP contribution in [-0.4, -0.2) is 21.4 Å². The normalized spacial score (nSPS) is 10.5. The Morgan fingerprint density at radius 2 is 1.61 bits per heavy atom. The fraction of sp³-hybridized carbons (Fsp3) is 0.0455. The number of furan rings is 1. The van der Waals surface area contributed by atoms with Crippen LogP contribution in [-0.2, 0) is 6.61 Å². The Morgan fingerprint density at radius 3 is 2.35 bits per heavy atom. The molecule has 0 unspecified atom stereocenters. The van der Waals surface area contributed by atoms with Gasteiger partial charge in [-0.05, 0) is 48.6 Å². The summed E-state index contributed by atoms with van der Waals surface area (Å²) in [7, 11) is 0. The average Bonchev–Trinajstić information content (AvgIpc) is 3.44. The van der Waals surface area contributed by atoms with Crippen molar-refractivity contribution in [1.29, 1.82) is 0 Å². The summed E-state index contributed by atoms with van der Waals surface area (Å²) in [5.41, 5.74) is 5.67. The number of H-pyrrole nitrogens is 1. The van der Waals surface area contributed by atoms with E-state index in [1.807, 2.05) is 60.7 Å². The average molecular weight is 434 g/mol. The summed E-state index contributed by atoms with van der Waals surface area (Å²) in [6.45, 7) is 0.172. The molecule has 2 amide bonds. The van der Waals surface area contributed by atoms with E-state index in [1.54, 1.807) is 10.6 Å². The lowest BCUT2D eigenvalue weighted by molar-refractivity contribution is 0.0825. The van der Waals surface area contributed by atoms with Crippen molar-refractivity contribution in [2.75, 3.05) is 0 Å². The van der Waals surface area contributed by atoms with Gasteiger partial charge in [0.2, 0.25) is 0 Å². The topological polar surface area (TPSA) is 101 Å². The lowest BCUT2D eigenvalue weighted by Gasteiger charge is -2.09. The van der Waals surface area contributed by atoms with Crippen molar-refractivity contribution < 1.29 is 18.7 Å². The number of amides is 2. The van der Waals surface area contributed by atoms with Crippen molar-refractivity contribution in [3.05, 3.63) is 101 Å². The van der Waals surface area contributed by atoms with E-state index in [9.17, 15) is 9.59 Å². The van der Waals surface area contributed by atoms with E-state index >= 15 is 0 Å². The number of imidazole rings is 1. The number of aromatic nitrogens is 2. The largest absolute Gasteiger partial charge is 0.486 e. The molecule has 0 radical (unpaired) electrons. The van der Waals surface area contributed by atoms with Crippen molar-refractivity contribution >= 4 is 24.0 Å². The first-order chi connectivity index (χ1) is 15.1. The van der Waals surface area contributed by atoms with Crippen LogP contribution in [0.15, 0.2) is 83.4 Å². The highest BCUT2D eigenvalue weighted by molar-refractivity contribution is 7.71. The first-order valence-corrected chi connectivity index (χ1v) is 9.76. The van der Waals surface area contributed by atoms with Gasteiger partial charge in [0, 0.05) is 11.9 Å². The first kappa shape index (κ1) is 20.2. The molecule has 0 aliphatic carbocycles. The second-order valence-corrected chi connectivity index (χ2v) is 6.81. The van der Waals surface area contributed by atoms with Gasteiger partial charge in [-0.1, -0.05) is 36.4 Å². The molecular weight excluding hydrogens is 416 g/mol. The molecule has 2 heterocycles. The molecule has 3 N–H and O–H groups in total. The monoisotopic (exact) mass is 434 g/mol. The third kappa shape index (κ3) is 4.73. The number of ether oxygens (including phenoxy) is 1. The maximum absolute atomic E-state index is 12.6. The van der Waals surface area contributed by atoms with Gasteiger partial charge in [-0.3, -0.25) is 25.0 Å². The zero-order valence-electron chi connectivity index (χ0n) is 16.2. The number of carbonyl (C=O) groups is 2. The molecule has 2 aromatic heterocycles. The lowest BCUT2D eigenvalue weighted by Crippen LogP contribution is -2.42. The van der Waals surface area contributed by atoms with Crippen LogP contribution < -0.4 is 15.6 Å². The lowest BCUT2D eigenvalue weighted by atomic mass is 10.3. The molecule has 0 saturated heterocycles. The van der Waals surface area contributed by atoms with Crippen molar-refractivity contribution in [2.24, 2.45) is 0 Å². The molecule has 2 aromatic carbocycles. The molecule has 0 aliphatic heterocycles. The zero-order chi connectivity index (χ0) is 21.6. The van der Waals surface area contributed by atoms with E-state index in [4.69, 9.17) is 21.4 Å². The number of hydrogen-bond donors (Lipinski definition) is 3. The van der Waals surface area contributed by atoms with Gasteiger partial charge < -0.3 is 14.1 Å². The van der Waals surface area contributed by atoms with Crippen LogP contribution in [0.3, 0.4) is 0 Å². The second-order valence-electron chi connectivity index (χ2n) is 6.43. The van der Waals surface area contributed by atoms with E-state index < -0.39 is 11.8 Å². The predicted molar refractivity (Wildman–Crippen MR) is 115 cm³/mol. The van der Waals surface area contributed by atoms with Crippen LogP contribution in [0.5, 0.6) is 5.75 Å². The maximum Gasteiger partial charge on any atom is 0.305 e. The summed E-state index contributed by atoms with van der Waals surface area (Å²) >= 11 is 5.26. The Bertz CT molecular complexity index is 1250. The summed E-state index contributed by atoms with van der Waals surface area (Å²) in [6.07, 6.45) is 1.47. The molecule has 0 bridgehead atoms. The van der Waals surface area contributed by atoms with Crippen LogP contribution in [0, 0.1) is 4.77 Å². The van der Waals surface area contributed by atoms with E-state index in [2.05, 4.69) is 15.8 Å². The van der Waals surface area contributed by atoms with Gasteiger partial charge in [0.05, 0.1) is 0 Å². The molecule has 8 nitrogen and oxygen atoms in total. The predicted octanol–water partition coefficient (Wildman–Crippen LogP) is 3.78. The van der Waals surface area contributed by atoms with Gasteiger partial charge in [-0.15, -0.1) is 0 Å². The Hall–Kier alpha value is -4.11. The molecule has 0 atom stereocenters. The molecular formula is C22H18N4O4S. The van der Waals surface area contributed by atoms with E-state index in [-0.39, 0.29) is 18.1 Å². The quantitative estimate of drug-likeness (QED) is 0.317. The third-order valence-electron chi connectivity index (χ3n) is 4.32. The highest BCUT2D eigenvalue weighted by Crippen LogP contribution is 2.14. The third-order valence-corrected chi connectivity index (χ3v) is 4.62. The van der Waals surface area contributed by atoms with E-state index in [1.165, 1.54) is 12.3 Å². The molecule has 4 aromatic rings. The number of carbonyl (C=O) groups excluding carboxylic acids is 2. The van der Waals surface area contributed by atoms with E-state index in [0.717, 1.165) is 5.69 Å². The minimum atomic E-state index is -0.597. The number of para-hydroxylation sites is 2. The van der Waals surface area contributed by atoms with Crippen molar-refractivity contribution in [3.8, 4) is 11.4 Å². The van der Waals surface area contributed by atoms with Gasteiger partial charge >= 0.3 is 5.91 Å². The smallest absolute Gasteiger partial charge is 0.305 e.